The fraction of sp³-hybridized carbons (Fsp3) is 0.462. The first kappa shape index (κ1) is 13.8. The number of piperidine rings is 1. The molecule has 1 aliphatic heterocycles. The summed E-state index contributed by atoms with van der Waals surface area (Å²) < 4.78 is 0. The van der Waals surface area contributed by atoms with E-state index in [2.05, 4.69) is 6.92 Å². The number of hydrogen-bond donors (Lipinski definition) is 0. The Labute approximate surface area is 116 Å². The molecule has 0 amide bonds. The van der Waals surface area contributed by atoms with Crippen molar-refractivity contribution in [1.82, 2.24) is 0 Å². The molecular formula is C13H15ClN2O3. The summed E-state index contributed by atoms with van der Waals surface area (Å²) in [5.41, 5.74) is 0.669. The Kier molecular flexibility index (Phi) is 4.04. The smallest absolute Gasteiger partial charge is 0.293 e. The van der Waals surface area contributed by atoms with E-state index in [1.807, 2.05) is 4.90 Å². The second-order valence-electron chi connectivity index (χ2n) is 4.90. The van der Waals surface area contributed by atoms with Gasteiger partial charge in [-0.3, -0.25) is 14.9 Å². The Hall–Kier alpha value is -1.62. The van der Waals surface area contributed by atoms with E-state index in [0.717, 1.165) is 25.9 Å². The number of nitro benzene ring substituents is 1. The fourth-order valence-electron chi connectivity index (χ4n) is 2.31. The van der Waals surface area contributed by atoms with Gasteiger partial charge in [0.15, 0.2) is 0 Å². The van der Waals surface area contributed by atoms with E-state index >= 15 is 0 Å². The highest BCUT2D eigenvalue weighted by Gasteiger charge is 2.24. The summed E-state index contributed by atoms with van der Waals surface area (Å²) >= 11 is 5.36. The van der Waals surface area contributed by atoms with Crippen molar-refractivity contribution in [3.8, 4) is 0 Å². The molecule has 0 bridgehead atoms. The zero-order valence-electron chi connectivity index (χ0n) is 10.6. The number of carbonyl (C=O) groups excluding carboxylic acids is 1. The lowest BCUT2D eigenvalue weighted by molar-refractivity contribution is -0.384. The Bertz CT molecular complexity index is 511. The van der Waals surface area contributed by atoms with Crippen molar-refractivity contribution in [2.45, 2.75) is 19.8 Å². The molecule has 6 heteroatoms. The van der Waals surface area contributed by atoms with Crippen LogP contribution >= 0.6 is 11.6 Å². The maximum atomic E-state index is 11.1. The molecule has 5 nitrogen and oxygen atoms in total. The predicted octanol–water partition coefficient (Wildman–Crippen LogP) is 3.21. The molecule has 0 N–H and O–H groups in total. The summed E-state index contributed by atoms with van der Waals surface area (Å²) in [4.78, 5) is 23.7. The summed E-state index contributed by atoms with van der Waals surface area (Å²) in [5, 5.41) is 10.4. The van der Waals surface area contributed by atoms with Crippen LogP contribution in [-0.2, 0) is 0 Å². The monoisotopic (exact) mass is 282 g/mol. The van der Waals surface area contributed by atoms with Gasteiger partial charge in [0.05, 0.1) is 4.92 Å². The number of hydrogen-bond acceptors (Lipinski definition) is 4. The molecule has 1 fully saturated rings. The van der Waals surface area contributed by atoms with Gasteiger partial charge >= 0.3 is 0 Å². The van der Waals surface area contributed by atoms with Crippen molar-refractivity contribution < 1.29 is 9.72 Å². The van der Waals surface area contributed by atoms with Crippen LogP contribution < -0.4 is 4.90 Å². The third-order valence-electron chi connectivity index (χ3n) is 3.52. The van der Waals surface area contributed by atoms with Gasteiger partial charge in [0.1, 0.15) is 5.69 Å². The normalized spacial score (nSPS) is 16.4. The summed E-state index contributed by atoms with van der Waals surface area (Å²) in [6.07, 6.45) is 2.04. The van der Waals surface area contributed by atoms with Gasteiger partial charge in [-0.05, 0) is 42.5 Å². The Morgan fingerprint density at radius 3 is 2.58 bits per heavy atom. The number of halogens is 1. The molecule has 1 saturated heterocycles. The van der Waals surface area contributed by atoms with Gasteiger partial charge in [-0.2, -0.15) is 0 Å². The van der Waals surface area contributed by atoms with Crippen LogP contribution in [0.3, 0.4) is 0 Å². The van der Waals surface area contributed by atoms with Gasteiger partial charge in [-0.25, -0.2) is 0 Å². The van der Waals surface area contributed by atoms with Crippen LogP contribution in [0.5, 0.6) is 0 Å². The van der Waals surface area contributed by atoms with E-state index in [1.54, 1.807) is 6.07 Å². The van der Waals surface area contributed by atoms with E-state index in [1.165, 1.54) is 12.1 Å². The molecule has 1 aromatic carbocycles. The van der Waals surface area contributed by atoms with Crippen LogP contribution in [-0.4, -0.2) is 23.3 Å². The molecule has 2 rings (SSSR count). The lowest BCUT2D eigenvalue weighted by Crippen LogP contribution is -2.33. The third-order valence-corrected chi connectivity index (χ3v) is 3.74. The maximum absolute atomic E-state index is 11.1. The second kappa shape index (κ2) is 5.57. The lowest BCUT2D eigenvalue weighted by atomic mass is 9.98. The first-order valence-electron chi connectivity index (χ1n) is 6.22. The summed E-state index contributed by atoms with van der Waals surface area (Å²) in [7, 11) is 0. The minimum absolute atomic E-state index is 0.0546. The number of rotatable bonds is 3. The summed E-state index contributed by atoms with van der Waals surface area (Å²) in [6, 6.07) is 4.40. The first-order valence-corrected chi connectivity index (χ1v) is 6.60. The van der Waals surface area contributed by atoms with Crippen LogP contribution in [0.25, 0.3) is 0 Å². The summed E-state index contributed by atoms with van der Waals surface area (Å²) in [5.74, 6) is 0.652. The van der Waals surface area contributed by atoms with Gasteiger partial charge < -0.3 is 4.90 Å². The molecule has 102 valence electrons. The van der Waals surface area contributed by atoms with E-state index < -0.39 is 10.2 Å². The molecule has 0 radical (unpaired) electrons. The van der Waals surface area contributed by atoms with Crippen LogP contribution in [0.2, 0.25) is 0 Å². The van der Waals surface area contributed by atoms with Crippen molar-refractivity contribution in [2.24, 2.45) is 5.92 Å². The molecule has 1 aliphatic rings. The fourth-order valence-corrected chi connectivity index (χ4v) is 2.43. The average molecular weight is 283 g/mol. The van der Waals surface area contributed by atoms with Crippen molar-refractivity contribution >= 4 is 28.2 Å². The third kappa shape index (κ3) is 3.04. The van der Waals surface area contributed by atoms with E-state index in [9.17, 15) is 14.9 Å². The Balaban J connectivity index is 2.34. The standard InChI is InChI=1S/C13H15ClN2O3/c1-9-4-6-15(7-5-9)11-3-2-10(13(14)17)8-12(11)16(18)19/h2-3,8-9H,4-7H2,1H3. The molecule has 0 atom stereocenters. The summed E-state index contributed by atoms with van der Waals surface area (Å²) in [6.45, 7) is 3.79. The zero-order chi connectivity index (χ0) is 14.0. The number of nitro groups is 1. The highest BCUT2D eigenvalue weighted by molar-refractivity contribution is 6.67. The molecule has 0 aromatic heterocycles. The SMILES string of the molecule is CC1CCN(c2ccc(C(=O)Cl)cc2[N+](=O)[O-])CC1. The van der Waals surface area contributed by atoms with E-state index in [-0.39, 0.29) is 11.3 Å². The molecular weight excluding hydrogens is 268 g/mol. The predicted molar refractivity (Wildman–Crippen MR) is 73.9 cm³/mol. The molecule has 0 aliphatic carbocycles. The van der Waals surface area contributed by atoms with Gasteiger partial charge in [-0.1, -0.05) is 6.92 Å². The van der Waals surface area contributed by atoms with Gasteiger partial charge in [-0.15, -0.1) is 0 Å². The van der Waals surface area contributed by atoms with Gasteiger partial charge in [0.25, 0.3) is 10.9 Å². The second-order valence-corrected chi connectivity index (χ2v) is 5.25. The first-order chi connectivity index (χ1) is 8.99. The number of nitrogens with zero attached hydrogens (tertiary/aromatic N) is 2. The van der Waals surface area contributed by atoms with Crippen LogP contribution in [0.4, 0.5) is 11.4 Å². The Morgan fingerprint density at radius 2 is 2.05 bits per heavy atom. The van der Waals surface area contributed by atoms with Crippen LogP contribution in [0.1, 0.15) is 30.1 Å². The quantitative estimate of drug-likeness (QED) is 0.485. The number of carbonyl (C=O) groups is 1. The lowest BCUT2D eigenvalue weighted by Gasteiger charge is -2.31. The number of benzene rings is 1. The molecule has 0 unspecified atom stereocenters. The van der Waals surface area contributed by atoms with Gasteiger partial charge in [0.2, 0.25) is 0 Å². The van der Waals surface area contributed by atoms with E-state index in [4.69, 9.17) is 11.6 Å². The molecule has 0 saturated carbocycles. The molecule has 19 heavy (non-hydrogen) atoms. The van der Waals surface area contributed by atoms with Crippen LogP contribution in [0.15, 0.2) is 18.2 Å². The Morgan fingerprint density at radius 1 is 1.42 bits per heavy atom. The van der Waals surface area contributed by atoms with Crippen LogP contribution in [0, 0.1) is 16.0 Å². The molecule has 0 spiro atoms. The molecule has 1 aromatic rings. The minimum Gasteiger partial charge on any atom is -0.366 e. The average Bonchev–Trinajstić information content (AvgIpc) is 2.38. The maximum Gasteiger partial charge on any atom is 0.293 e. The highest BCUT2D eigenvalue weighted by Crippen LogP contribution is 2.32. The topological polar surface area (TPSA) is 63.5 Å². The van der Waals surface area contributed by atoms with E-state index in [0.29, 0.717) is 11.6 Å². The number of anilines is 1. The minimum atomic E-state index is -0.679. The largest absolute Gasteiger partial charge is 0.366 e. The van der Waals surface area contributed by atoms with Crippen molar-refractivity contribution in [2.75, 3.05) is 18.0 Å². The van der Waals surface area contributed by atoms with Crippen molar-refractivity contribution in [1.29, 1.82) is 0 Å². The van der Waals surface area contributed by atoms with Crippen molar-refractivity contribution in [3.63, 3.8) is 0 Å². The molecule has 1 heterocycles. The zero-order valence-corrected chi connectivity index (χ0v) is 11.4. The van der Waals surface area contributed by atoms with Gasteiger partial charge in [0, 0.05) is 24.7 Å². The van der Waals surface area contributed by atoms with Crippen molar-refractivity contribution in [3.05, 3.63) is 33.9 Å². The highest BCUT2D eigenvalue weighted by atomic mass is 35.5.